The monoisotopic (exact) mass is 253 g/mol. The number of aromatic nitrogens is 1. The second kappa shape index (κ2) is 4.36. The molecule has 1 aromatic heterocycles. The molecule has 0 fully saturated rings. The normalized spacial score (nSPS) is 10.3. The summed E-state index contributed by atoms with van der Waals surface area (Å²) >= 11 is 0. The van der Waals surface area contributed by atoms with Gasteiger partial charge in [-0.3, -0.25) is 0 Å². The molecule has 0 aliphatic heterocycles. The zero-order valence-electron chi connectivity index (χ0n) is 9.18. The average Bonchev–Trinajstić information content (AvgIpc) is 2.81. The van der Waals surface area contributed by atoms with Crippen LogP contribution in [0.5, 0.6) is 11.5 Å². The molecule has 0 aliphatic rings. The van der Waals surface area contributed by atoms with Crippen LogP contribution in [0.2, 0.25) is 0 Å². The summed E-state index contributed by atoms with van der Waals surface area (Å²) in [6, 6.07) is 3.06. The Bertz CT molecular complexity index is 607. The molecule has 0 spiro atoms. The van der Waals surface area contributed by atoms with E-state index in [4.69, 9.17) is 14.4 Å². The van der Waals surface area contributed by atoms with Gasteiger partial charge in [-0.25, -0.2) is 9.18 Å². The zero-order valence-corrected chi connectivity index (χ0v) is 9.18. The SMILES string of the molecule is COc1cc(F)cc(-c2cc(C(=O)O)no2)c1O. The predicted octanol–water partition coefficient (Wildman–Crippen LogP) is 1.89. The molecule has 0 amide bonds. The van der Waals surface area contributed by atoms with Crippen LogP contribution in [0.1, 0.15) is 10.5 Å². The number of aromatic hydroxyl groups is 1. The smallest absolute Gasteiger partial charge is 0.358 e. The lowest BCUT2D eigenvalue weighted by atomic mass is 10.1. The molecule has 2 rings (SSSR count). The number of methoxy groups -OCH3 is 1. The fraction of sp³-hybridized carbons (Fsp3) is 0.0909. The predicted molar refractivity (Wildman–Crippen MR) is 57.1 cm³/mol. The van der Waals surface area contributed by atoms with E-state index in [1.807, 2.05) is 0 Å². The first-order valence-electron chi connectivity index (χ1n) is 4.80. The zero-order chi connectivity index (χ0) is 13.3. The number of rotatable bonds is 3. The molecule has 0 atom stereocenters. The van der Waals surface area contributed by atoms with Crippen molar-refractivity contribution in [2.75, 3.05) is 7.11 Å². The summed E-state index contributed by atoms with van der Waals surface area (Å²) in [7, 11) is 1.27. The summed E-state index contributed by atoms with van der Waals surface area (Å²) in [5.74, 6) is -2.45. The molecule has 0 bridgehead atoms. The Hall–Kier alpha value is -2.57. The summed E-state index contributed by atoms with van der Waals surface area (Å²) in [4.78, 5) is 10.6. The van der Waals surface area contributed by atoms with Gasteiger partial charge in [0.1, 0.15) is 5.82 Å². The molecular weight excluding hydrogens is 245 g/mol. The number of phenols is 1. The average molecular weight is 253 g/mol. The number of hydrogen-bond donors (Lipinski definition) is 2. The van der Waals surface area contributed by atoms with Crippen LogP contribution in [0.15, 0.2) is 22.7 Å². The fourth-order valence-corrected chi connectivity index (χ4v) is 1.42. The summed E-state index contributed by atoms with van der Waals surface area (Å²) in [5, 5.41) is 21.7. The first kappa shape index (κ1) is 11.9. The van der Waals surface area contributed by atoms with Gasteiger partial charge in [0.25, 0.3) is 0 Å². The number of hydrogen-bond acceptors (Lipinski definition) is 5. The maximum Gasteiger partial charge on any atom is 0.358 e. The Balaban J connectivity index is 2.55. The third-order valence-electron chi connectivity index (χ3n) is 2.25. The topological polar surface area (TPSA) is 92.8 Å². The summed E-state index contributed by atoms with van der Waals surface area (Å²) in [6.45, 7) is 0. The van der Waals surface area contributed by atoms with Crippen molar-refractivity contribution in [2.24, 2.45) is 0 Å². The van der Waals surface area contributed by atoms with Crippen LogP contribution in [-0.2, 0) is 0 Å². The van der Waals surface area contributed by atoms with Gasteiger partial charge < -0.3 is 19.5 Å². The Morgan fingerprint density at radius 3 is 2.72 bits per heavy atom. The van der Waals surface area contributed by atoms with Crippen LogP contribution in [0.3, 0.4) is 0 Å². The van der Waals surface area contributed by atoms with Crippen LogP contribution < -0.4 is 4.74 Å². The molecule has 0 unspecified atom stereocenters. The second-order valence-electron chi connectivity index (χ2n) is 3.39. The van der Waals surface area contributed by atoms with E-state index in [0.717, 1.165) is 18.2 Å². The van der Waals surface area contributed by atoms with Crippen molar-refractivity contribution in [1.29, 1.82) is 0 Å². The Labute approximate surface area is 100 Å². The van der Waals surface area contributed by atoms with Crippen LogP contribution in [0, 0.1) is 5.82 Å². The minimum atomic E-state index is -1.28. The van der Waals surface area contributed by atoms with Crippen LogP contribution >= 0.6 is 0 Å². The minimum absolute atomic E-state index is 0.0353. The van der Waals surface area contributed by atoms with Gasteiger partial charge in [-0.1, -0.05) is 5.16 Å². The molecule has 94 valence electrons. The third kappa shape index (κ3) is 1.97. The molecule has 1 aromatic carbocycles. The minimum Gasteiger partial charge on any atom is -0.504 e. The van der Waals surface area contributed by atoms with E-state index in [1.165, 1.54) is 7.11 Å². The van der Waals surface area contributed by atoms with Crippen molar-refractivity contribution in [2.45, 2.75) is 0 Å². The van der Waals surface area contributed by atoms with Gasteiger partial charge in [0.05, 0.1) is 12.7 Å². The molecule has 1 heterocycles. The van der Waals surface area contributed by atoms with Crippen molar-refractivity contribution in [3.8, 4) is 22.8 Å². The van der Waals surface area contributed by atoms with Crippen molar-refractivity contribution in [3.63, 3.8) is 0 Å². The third-order valence-corrected chi connectivity index (χ3v) is 2.25. The van der Waals surface area contributed by atoms with Gasteiger partial charge in [-0.2, -0.15) is 0 Å². The van der Waals surface area contributed by atoms with Gasteiger partial charge in [-0.15, -0.1) is 0 Å². The van der Waals surface area contributed by atoms with Crippen molar-refractivity contribution < 1.29 is 28.7 Å². The lowest BCUT2D eigenvalue weighted by molar-refractivity contribution is 0.0686. The maximum absolute atomic E-state index is 13.3. The number of nitrogens with zero attached hydrogens (tertiary/aromatic N) is 1. The number of ether oxygens (including phenoxy) is 1. The van der Waals surface area contributed by atoms with E-state index in [-0.39, 0.29) is 28.5 Å². The molecule has 7 heteroatoms. The van der Waals surface area contributed by atoms with E-state index < -0.39 is 11.8 Å². The number of carbonyl (C=O) groups is 1. The lowest BCUT2D eigenvalue weighted by Gasteiger charge is -2.06. The molecule has 6 nitrogen and oxygen atoms in total. The van der Waals surface area contributed by atoms with Crippen LogP contribution in [-0.4, -0.2) is 28.4 Å². The van der Waals surface area contributed by atoms with Gasteiger partial charge >= 0.3 is 5.97 Å². The molecule has 0 aliphatic carbocycles. The van der Waals surface area contributed by atoms with Crippen molar-refractivity contribution >= 4 is 5.97 Å². The largest absolute Gasteiger partial charge is 0.504 e. The Morgan fingerprint density at radius 2 is 2.17 bits per heavy atom. The fourth-order valence-electron chi connectivity index (χ4n) is 1.42. The van der Waals surface area contributed by atoms with Gasteiger partial charge in [0, 0.05) is 12.1 Å². The summed E-state index contributed by atoms with van der Waals surface area (Å²) in [6.07, 6.45) is 0. The molecule has 2 aromatic rings. The van der Waals surface area contributed by atoms with E-state index in [2.05, 4.69) is 5.16 Å². The van der Waals surface area contributed by atoms with Gasteiger partial charge in [0.15, 0.2) is 23.0 Å². The number of aromatic carboxylic acids is 1. The lowest BCUT2D eigenvalue weighted by Crippen LogP contribution is -1.94. The van der Waals surface area contributed by atoms with E-state index >= 15 is 0 Å². The number of phenolic OH excluding ortho intramolecular Hbond substituents is 1. The molecule has 2 N–H and O–H groups in total. The Kier molecular flexibility index (Phi) is 2.88. The van der Waals surface area contributed by atoms with E-state index in [1.54, 1.807) is 0 Å². The van der Waals surface area contributed by atoms with Gasteiger partial charge in [-0.05, 0) is 6.07 Å². The summed E-state index contributed by atoms with van der Waals surface area (Å²) in [5.41, 5.74) is -0.375. The number of benzene rings is 1. The van der Waals surface area contributed by atoms with Crippen LogP contribution in [0.4, 0.5) is 4.39 Å². The number of halogens is 1. The van der Waals surface area contributed by atoms with Crippen molar-refractivity contribution in [1.82, 2.24) is 5.16 Å². The van der Waals surface area contributed by atoms with E-state index in [0.29, 0.717) is 0 Å². The molecule has 18 heavy (non-hydrogen) atoms. The highest BCUT2D eigenvalue weighted by Crippen LogP contribution is 2.38. The number of carboxylic acid groups (broad SMARTS) is 1. The Morgan fingerprint density at radius 1 is 1.44 bits per heavy atom. The molecule has 0 radical (unpaired) electrons. The molecule has 0 saturated carbocycles. The highest BCUT2D eigenvalue weighted by Gasteiger charge is 2.18. The highest BCUT2D eigenvalue weighted by atomic mass is 19.1. The quantitative estimate of drug-likeness (QED) is 0.867. The molecular formula is C11H8FNO5. The first-order chi connectivity index (χ1) is 8.52. The van der Waals surface area contributed by atoms with Crippen molar-refractivity contribution in [3.05, 3.63) is 29.7 Å². The second-order valence-corrected chi connectivity index (χ2v) is 3.39. The molecule has 0 saturated heterocycles. The maximum atomic E-state index is 13.3. The van der Waals surface area contributed by atoms with Gasteiger partial charge in [0.2, 0.25) is 0 Å². The number of carboxylic acids is 1. The highest BCUT2D eigenvalue weighted by molar-refractivity contribution is 5.87. The van der Waals surface area contributed by atoms with E-state index in [9.17, 15) is 14.3 Å². The van der Waals surface area contributed by atoms with Crippen LogP contribution in [0.25, 0.3) is 11.3 Å². The first-order valence-corrected chi connectivity index (χ1v) is 4.80. The standard InChI is InChI=1S/C11H8FNO5/c1-17-9-3-5(12)2-6(10(9)14)8-4-7(11(15)16)13-18-8/h2-4,14H,1H3,(H,15,16). The summed E-state index contributed by atoms with van der Waals surface area (Å²) < 4.78 is 22.8.